The van der Waals surface area contributed by atoms with Crippen LogP contribution in [0.5, 0.6) is 0 Å². The first-order valence-electron chi connectivity index (χ1n) is 5.45. The maximum Gasteiger partial charge on any atom is 0.240 e. The van der Waals surface area contributed by atoms with E-state index in [1.807, 2.05) is 0 Å². The number of nitrogens with zero attached hydrogens (tertiary/aromatic N) is 1. The Hall–Kier alpha value is -1.10. The Labute approximate surface area is 115 Å². The lowest BCUT2D eigenvalue weighted by Gasteiger charge is -2.26. The molecule has 1 aliphatic rings. The van der Waals surface area contributed by atoms with E-state index in [1.165, 1.54) is 0 Å². The van der Waals surface area contributed by atoms with Gasteiger partial charge in [0, 0.05) is 33.7 Å². The molecule has 0 radical (unpaired) electrons. The molecule has 0 aliphatic carbocycles. The molecule has 96 valence electrons. The molecular formula is C12H12Cl2N2O2. The number of carbonyl (C=O) groups excluding carboxylic acids is 1. The van der Waals surface area contributed by atoms with Crippen LogP contribution in [0, 0.1) is 5.92 Å². The van der Waals surface area contributed by atoms with Crippen LogP contribution in [0.3, 0.4) is 0 Å². The quantitative estimate of drug-likeness (QED) is 0.878. The molecule has 6 heteroatoms. The summed E-state index contributed by atoms with van der Waals surface area (Å²) in [6.07, 6.45) is -0.779. The maximum atomic E-state index is 11.3. The highest BCUT2D eigenvalue weighted by Gasteiger charge is 2.31. The van der Waals surface area contributed by atoms with Crippen molar-refractivity contribution >= 4 is 34.8 Å². The van der Waals surface area contributed by atoms with Crippen LogP contribution < -0.4 is 5.43 Å². The summed E-state index contributed by atoms with van der Waals surface area (Å²) in [4.78, 5) is 11.3. The molecule has 1 aromatic carbocycles. The van der Waals surface area contributed by atoms with Gasteiger partial charge >= 0.3 is 0 Å². The zero-order valence-corrected chi connectivity index (χ0v) is 11.2. The molecule has 1 aliphatic heterocycles. The van der Waals surface area contributed by atoms with Crippen molar-refractivity contribution in [2.24, 2.45) is 11.0 Å². The Morgan fingerprint density at radius 1 is 1.44 bits per heavy atom. The minimum atomic E-state index is -0.944. The second-order valence-electron chi connectivity index (χ2n) is 4.18. The van der Waals surface area contributed by atoms with Crippen molar-refractivity contribution in [3.05, 3.63) is 33.8 Å². The number of amides is 1. The van der Waals surface area contributed by atoms with Gasteiger partial charge in [0.15, 0.2) is 0 Å². The molecule has 18 heavy (non-hydrogen) atoms. The van der Waals surface area contributed by atoms with E-state index in [1.54, 1.807) is 25.1 Å². The number of carbonyl (C=O) groups is 1. The number of halogens is 2. The van der Waals surface area contributed by atoms with Crippen molar-refractivity contribution in [1.82, 2.24) is 5.43 Å². The average Bonchev–Trinajstić information content (AvgIpc) is 2.32. The van der Waals surface area contributed by atoms with Crippen LogP contribution >= 0.6 is 23.2 Å². The van der Waals surface area contributed by atoms with Gasteiger partial charge in [0.1, 0.15) is 0 Å². The normalized spacial score (nSPS) is 21.2. The van der Waals surface area contributed by atoms with Crippen molar-refractivity contribution < 1.29 is 9.90 Å². The van der Waals surface area contributed by atoms with Crippen LogP contribution in [-0.4, -0.2) is 16.7 Å². The Bertz CT molecular complexity index is 497. The predicted molar refractivity (Wildman–Crippen MR) is 70.8 cm³/mol. The zero-order valence-electron chi connectivity index (χ0n) is 9.65. The number of hydrogen-bond donors (Lipinski definition) is 2. The highest BCUT2D eigenvalue weighted by molar-refractivity contribution is 6.36. The molecule has 0 aromatic heterocycles. The fourth-order valence-electron chi connectivity index (χ4n) is 1.96. The van der Waals surface area contributed by atoms with Gasteiger partial charge in [0.25, 0.3) is 0 Å². The molecule has 2 rings (SSSR count). The third kappa shape index (κ3) is 2.51. The van der Waals surface area contributed by atoms with Crippen molar-refractivity contribution in [2.75, 3.05) is 0 Å². The van der Waals surface area contributed by atoms with Crippen LogP contribution in [0.2, 0.25) is 10.0 Å². The molecule has 0 saturated heterocycles. The molecule has 2 atom stereocenters. The minimum Gasteiger partial charge on any atom is -0.388 e. The van der Waals surface area contributed by atoms with E-state index in [-0.39, 0.29) is 12.3 Å². The maximum absolute atomic E-state index is 11.3. The molecule has 1 amide bonds. The van der Waals surface area contributed by atoms with E-state index < -0.39 is 12.0 Å². The number of rotatable bonds is 2. The summed E-state index contributed by atoms with van der Waals surface area (Å²) in [5.74, 6) is -0.635. The topological polar surface area (TPSA) is 61.7 Å². The number of hydrazone groups is 1. The number of aliphatic hydroxyl groups is 1. The van der Waals surface area contributed by atoms with Crippen LogP contribution in [-0.2, 0) is 4.79 Å². The molecule has 0 spiro atoms. The Morgan fingerprint density at radius 2 is 2.06 bits per heavy atom. The van der Waals surface area contributed by atoms with Crippen LogP contribution in [0.25, 0.3) is 0 Å². The monoisotopic (exact) mass is 286 g/mol. The molecule has 0 bridgehead atoms. The summed E-state index contributed by atoms with van der Waals surface area (Å²) in [5, 5.41) is 15.0. The summed E-state index contributed by atoms with van der Waals surface area (Å²) >= 11 is 12.1. The van der Waals surface area contributed by atoms with E-state index in [0.29, 0.717) is 21.3 Å². The molecule has 2 N–H and O–H groups in total. The van der Waals surface area contributed by atoms with Gasteiger partial charge in [0.2, 0.25) is 5.91 Å². The third-order valence-electron chi connectivity index (χ3n) is 2.98. The fourth-order valence-corrected chi connectivity index (χ4v) is 2.58. The number of aliphatic hydroxyl groups excluding tert-OH is 1. The molecule has 0 fully saturated rings. The van der Waals surface area contributed by atoms with Crippen molar-refractivity contribution in [2.45, 2.75) is 19.4 Å². The van der Waals surface area contributed by atoms with Gasteiger partial charge in [-0.1, -0.05) is 29.3 Å². The van der Waals surface area contributed by atoms with Gasteiger partial charge in [-0.2, -0.15) is 5.10 Å². The van der Waals surface area contributed by atoms with E-state index in [4.69, 9.17) is 23.2 Å². The first-order valence-corrected chi connectivity index (χ1v) is 6.21. The fraction of sp³-hybridized carbons (Fsp3) is 0.333. The first kappa shape index (κ1) is 13.3. The summed E-state index contributed by atoms with van der Waals surface area (Å²) in [7, 11) is 0. The van der Waals surface area contributed by atoms with Gasteiger partial charge in [-0.25, -0.2) is 5.43 Å². The van der Waals surface area contributed by atoms with E-state index in [2.05, 4.69) is 10.5 Å². The SMILES string of the molecule is CC1=NNC(=O)CC1C(O)c1c(Cl)cccc1Cl. The predicted octanol–water partition coefficient (Wildman–Crippen LogP) is 2.54. The standard InChI is InChI=1S/C12H12Cl2N2O2/c1-6-7(5-10(17)16-15-6)12(18)11-8(13)3-2-4-9(11)14/h2-4,7,12,18H,5H2,1H3,(H,16,17). The third-order valence-corrected chi connectivity index (χ3v) is 3.63. The number of hydrogen-bond acceptors (Lipinski definition) is 3. The zero-order chi connectivity index (χ0) is 13.3. The van der Waals surface area contributed by atoms with Gasteiger partial charge in [-0.15, -0.1) is 0 Å². The van der Waals surface area contributed by atoms with E-state index in [9.17, 15) is 9.90 Å². The van der Waals surface area contributed by atoms with Gasteiger partial charge in [-0.05, 0) is 19.1 Å². The van der Waals surface area contributed by atoms with Gasteiger partial charge < -0.3 is 5.11 Å². The molecule has 2 unspecified atom stereocenters. The molecule has 0 saturated carbocycles. The van der Waals surface area contributed by atoms with Crippen molar-refractivity contribution in [3.63, 3.8) is 0 Å². The number of nitrogens with one attached hydrogen (secondary N) is 1. The Kier molecular flexibility index (Phi) is 3.90. The Morgan fingerprint density at radius 3 is 2.67 bits per heavy atom. The van der Waals surface area contributed by atoms with Crippen molar-refractivity contribution in [1.29, 1.82) is 0 Å². The van der Waals surface area contributed by atoms with E-state index >= 15 is 0 Å². The van der Waals surface area contributed by atoms with Gasteiger partial charge in [0.05, 0.1) is 6.10 Å². The van der Waals surface area contributed by atoms with Crippen LogP contribution in [0.4, 0.5) is 0 Å². The lowest BCUT2D eigenvalue weighted by molar-refractivity contribution is -0.122. The second kappa shape index (κ2) is 5.26. The summed E-state index contributed by atoms with van der Waals surface area (Å²) in [6, 6.07) is 5.01. The average molecular weight is 287 g/mol. The summed E-state index contributed by atoms with van der Waals surface area (Å²) in [5.41, 5.74) is 3.46. The Balaban J connectivity index is 2.36. The first-order chi connectivity index (χ1) is 8.50. The lowest BCUT2D eigenvalue weighted by Crippen LogP contribution is -2.34. The van der Waals surface area contributed by atoms with Crippen LogP contribution in [0.15, 0.2) is 23.3 Å². The molecule has 4 nitrogen and oxygen atoms in total. The lowest BCUT2D eigenvalue weighted by atomic mass is 9.88. The molecule has 1 aromatic rings. The van der Waals surface area contributed by atoms with Crippen LogP contribution in [0.1, 0.15) is 25.0 Å². The minimum absolute atomic E-state index is 0.165. The molecule has 1 heterocycles. The summed E-state index contributed by atoms with van der Waals surface area (Å²) in [6.45, 7) is 1.75. The molecular weight excluding hydrogens is 275 g/mol. The number of benzene rings is 1. The second-order valence-corrected chi connectivity index (χ2v) is 4.99. The van der Waals surface area contributed by atoms with E-state index in [0.717, 1.165) is 0 Å². The van der Waals surface area contributed by atoms with Gasteiger partial charge in [-0.3, -0.25) is 4.79 Å². The highest BCUT2D eigenvalue weighted by atomic mass is 35.5. The smallest absolute Gasteiger partial charge is 0.240 e. The summed E-state index contributed by atoms with van der Waals surface area (Å²) < 4.78 is 0. The largest absolute Gasteiger partial charge is 0.388 e. The highest BCUT2D eigenvalue weighted by Crippen LogP contribution is 2.36. The van der Waals surface area contributed by atoms with Crippen molar-refractivity contribution in [3.8, 4) is 0 Å².